The van der Waals surface area contributed by atoms with Crippen LogP contribution in [0.3, 0.4) is 0 Å². The third-order valence-electron chi connectivity index (χ3n) is 3.87. The van der Waals surface area contributed by atoms with Gasteiger partial charge in [0.2, 0.25) is 5.91 Å². The second-order valence-corrected chi connectivity index (χ2v) is 5.07. The molecule has 2 bridgehead atoms. The van der Waals surface area contributed by atoms with E-state index in [1.54, 1.807) is 12.1 Å². The minimum absolute atomic E-state index is 0.165. The molecule has 2 aliphatic heterocycles. The third kappa shape index (κ3) is 2.05. The van der Waals surface area contributed by atoms with Gasteiger partial charge in [0, 0.05) is 6.04 Å². The van der Waals surface area contributed by atoms with Crippen LogP contribution in [0, 0.1) is 5.82 Å². The maximum absolute atomic E-state index is 12.8. The Labute approximate surface area is 106 Å². The average molecular weight is 245 g/mol. The molecule has 2 heterocycles. The number of hydrogen-bond acceptors (Lipinski definition) is 1. The Morgan fingerprint density at radius 3 is 2.78 bits per heavy atom. The maximum atomic E-state index is 12.8. The normalized spacial score (nSPS) is 25.5. The molecule has 0 saturated carbocycles. The fraction of sp³-hybridized carbons (Fsp3) is 0.400. The highest BCUT2D eigenvalue weighted by molar-refractivity contribution is 5.80. The first-order valence-corrected chi connectivity index (χ1v) is 6.46. The molecule has 0 aliphatic carbocycles. The van der Waals surface area contributed by atoms with Gasteiger partial charge in [-0.25, -0.2) is 4.39 Å². The van der Waals surface area contributed by atoms with Crippen LogP contribution in [0.25, 0.3) is 0 Å². The van der Waals surface area contributed by atoms with Crippen LogP contribution in [0.5, 0.6) is 0 Å². The summed E-state index contributed by atoms with van der Waals surface area (Å²) in [6.45, 7) is 0. The Hall–Kier alpha value is -1.64. The quantitative estimate of drug-likeness (QED) is 0.734. The van der Waals surface area contributed by atoms with Gasteiger partial charge in [-0.15, -0.1) is 0 Å². The lowest BCUT2D eigenvalue weighted by atomic mass is 10.1. The van der Waals surface area contributed by atoms with E-state index in [1.807, 2.05) is 4.90 Å². The van der Waals surface area contributed by atoms with E-state index in [9.17, 15) is 9.18 Å². The molecule has 18 heavy (non-hydrogen) atoms. The summed E-state index contributed by atoms with van der Waals surface area (Å²) < 4.78 is 12.8. The summed E-state index contributed by atoms with van der Waals surface area (Å²) in [5, 5.41) is 0. The molecule has 0 aromatic heterocycles. The molecule has 1 saturated heterocycles. The maximum Gasteiger partial charge on any atom is 0.227 e. The van der Waals surface area contributed by atoms with E-state index in [4.69, 9.17) is 0 Å². The van der Waals surface area contributed by atoms with Gasteiger partial charge >= 0.3 is 0 Å². The lowest BCUT2D eigenvalue weighted by Crippen LogP contribution is -2.42. The molecule has 1 aromatic rings. The minimum Gasteiger partial charge on any atom is -0.333 e. The number of carbonyl (C=O) groups is 1. The van der Waals surface area contributed by atoms with Crippen LogP contribution in [0.2, 0.25) is 0 Å². The van der Waals surface area contributed by atoms with Crippen molar-refractivity contribution >= 4 is 5.91 Å². The van der Waals surface area contributed by atoms with Gasteiger partial charge in [-0.1, -0.05) is 24.3 Å². The third-order valence-corrected chi connectivity index (χ3v) is 3.87. The van der Waals surface area contributed by atoms with Gasteiger partial charge in [0.1, 0.15) is 5.82 Å². The Bertz CT molecular complexity index is 480. The fourth-order valence-corrected chi connectivity index (χ4v) is 2.98. The summed E-state index contributed by atoms with van der Waals surface area (Å²) in [5.74, 6) is -0.0920. The van der Waals surface area contributed by atoms with Crippen LogP contribution in [0.15, 0.2) is 36.4 Å². The highest BCUT2D eigenvalue weighted by Crippen LogP contribution is 2.31. The Balaban J connectivity index is 1.72. The van der Waals surface area contributed by atoms with Crippen molar-refractivity contribution in [1.29, 1.82) is 0 Å². The van der Waals surface area contributed by atoms with Crippen LogP contribution < -0.4 is 0 Å². The summed E-state index contributed by atoms with van der Waals surface area (Å²) in [6, 6.07) is 6.87. The molecule has 0 N–H and O–H groups in total. The molecule has 1 amide bonds. The van der Waals surface area contributed by atoms with E-state index in [1.165, 1.54) is 12.1 Å². The van der Waals surface area contributed by atoms with Gasteiger partial charge in [-0.2, -0.15) is 0 Å². The molecule has 3 rings (SSSR count). The number of hydrogen-bond donors (Lipinski definition) is 0. The van der Waals surface area contributed by atoms with Crippen molar-refractivity contribution in [3.05, 3.63) is 47.8 Å². The summed E-state index contributed by atoms with van der Waals surface area (Å²) in [5.41, 5.74) is 0.885. The first-order valence-electron chi connectivity index (χ1n) is 6.46. The van der Waals surface area contributed by atoms with Crippen molar-refractivity contribution in [2.45, 2.75) is 37.8 Å². The zero-order valence-corrected chi connectivity index (χ0v) is 10.2. The topological polar surface area (TPSA) is 20.3 Å². The molecule has 2 atom stereocenters. The predicted molar refractivity (Wildman–Crippen MR) is 67.5 cm³/mol. The Kier molecular flexibility index (Phi) is 2.90. The number of amides is 1. The van der Waals surface area contributed by atoms with Gasteiger partial charge in [-0.05, 0) is 37.0 Å². The van der Waals surface area contributed by atoms with Gasteiger partial charge in [-0.3, -0.25) is 4.79 Å². The molecule has 0 spiro atoms. The molecule has 94 valence electrons. The minimum atomic E-state index is -0.257. The van der Waals surface area contributed by atoms with Crippen molar-refractivity contribution in [2.75, 3.05) is 0 Å². The highest BCUT2D eigenvalue weighted by atomic mass is 19.1. The van der Waals surface area contributed by atoms with Crippen LogP contribution in [-0.4, -0.2) is 22.9 Å². The van der Waals surface area contributed by atoms with Gasteiger partial charge in [0.05, 0.1) is 12.5 Å². The zero-order valence-electron chi connectivity index (χ0n) is 10.2. The van der Waals surface area contributed by atoms with Gasteiger partial charge in [0.15, 0.2) is 0 Å². The number of fused-ring (bicyclic) bond motifs is 2. The molecule has 1 aromatic carbocycles. The fourth-order valence-electron chi connectivity index (χ4n) is 2.98. The standard InChI is InChI=1S/C15H16FNO/c16-12-6-4-11(5-7-12)10-15(18)17-13-2-1-3-14(17)9-8-13/h1-2,4-7,13-14H,3,8-10H2/t13-,14-/m0/s1. The average Bonchev–Trinajstić information content (AvgIpc) is 2.62. The van der Waals surface area contributed by atoms with Crippen molar-refractivity contribution < 1.29 is 9.18 Å². The predicted octanol–water partition coefficient (Wildman–Crippen LogP) is 2.69. The van der Waals surface area contributed by atoms with Crippen molar-refractivity contribution in [2.24, 2.45) is 0 Å². The van der Waals surface area contributed by atoms with E-state index in [-0.39, 0.29) is 17.8 Å². The number of rotatable bonds is 2. The Morgan fingerprint density at radius 1 is 1.28 bits per heavy atom. The largest absolute Gasteiger partial charge is 0.333 e. The van der Waals surface area contributed by atoms with E-state index >= 15 is 0 Å². The molecule has 2 nitrogen and oxygen atoms in total. The summed E-state index contributed by atoms with van der Waals surface area (Å²) in [6.07, 6.45) is 7.87. The van der Waals surface area contributed by atoms with E-state index in [0.717, 1.165) is 24.8 Å². The van der Waals surface area contributed by atoms with Crippen LogP contribution >= 0.6 is 0 Å². The second-order valence-electron chi connectivity index (χ2n) is 5.07. The van der Waals surface area contributed by atoms with Crippen LogP contribution in [-0.2, 0) is 11.2 Å². The summed E-state index contributed by atoms with van der Waals surface area (Å²) in [4.78, 5) is 14.3. The molecule has 3 heteroatoms. The molecular formula is C15H16FNO. The van der Waals surface area contributed by atoms with Crippen molar-refractivity contribution in [3.63, 3.8) is 0 Å². The molecular weight excluding hydrogens is 229 g/mol. The summed E-state index contributed by atoms with van der Waals surface area (Å²) in [7, 11) is 0. The Morgan fingerprint density at radius 2 is 2.06 bits per heavy atom. The van der Waals surface area contributed by atoms with Gasteiger partial charge < -0.3 is 4.90 Å². The first-order chi connectivity index (χ1) is 8.74. The SMILES string of the molecule is O=C(Cc1ccc(F)cc1)N1[C@H]2CC=C[C@H]1CC2. The number of halogens is 1. The second kappa shape index (κ2) is 4.56. The lowest BCUT2D eigenvalue weighted by molar-refractivity contribution is -0.132. The van der Waals surface area contributed by atoms with E-state index < -0.39 is 0 Å². The number of nitrogens with zero attached hydrogens (tertiary/aromatic N) is 1. The van der Waals surface area contributed by atoms with E-state index in [0.29, 0.717) is 12.5 Å². The number of benzene rings is 1. The lowest BCUT2D eigenvalue weighted by Gasteiger charge is -2.31. The molecule has 1 fully saturated rings. The highest BCUT2D eigenvalue weighted by Gasteiger charge is 2.36. The van der Waals surface area contributed by atoms with Crippen molar-refractivity contribution in [1.82, 2.24) is 4.90 Å². The van der Waals surface area contributed by atoms with Crippen LogP contribution in [0.4, 0.5) is 4.39 Å². The summed E-state index contributed by atoms with van der Waals surface area (Å²) >= 11 is 0. The van der Waals surface area contributed by atoms with Crippen molar-refractivity contribution in [3.8, 4) is 0 Å². The number of carbonyl (C=O) groups excluding carboxylic acids is 1. The monoisotopic (exact) mass is 245 g/mol. The van der Waals surface area contributed by atoms with Gasteiger partial charge in [0.25, 0.3) is 0 Å². The van der Waals surface area contributed by atoms with E-state index in [2.05, 4.69) is 12.2 Å². The zero-order chi connectivity index (χ0) is 12.5. The molecule has 0 radical (unpaired) electrons. The first kappa shape index (κ1) is 11.5. The molecule has 0 unspecified atom stereocenters. The smallest absolute Gasteiger partial charge is 0.227 e. The van der Waals surface area contributed by atoms with Crippen LogP contribution in [0.1, 0.15) is 24.8 Å². The molecule has 2 aliphatic rings.